The van der Waals surface area contributed by atoms with Crippen molar-refractivity contribution in [1.29, 1.82) is 0 Å². The zero-order chi connectivity index (χ0) is 52.0. The van der Waals surface area contributed by atoms with Gasteiger partial charge in [-0.1, -0.05) is 332 Å². The Bertz CT molecular complexity index is 1190. The fourth-order valence-electron chi connectivity index (χ4n) is 9.85. The van der Waals surface area contributed by atoms with Gasteiger partial charge < -0.3 is 14.6 Å². The Hall–Kier alpha value is -2.14. The second kappa shape index (κ2) is 63.2. The Balaban J connectivity index is 3.41. The van der Waals surface area contributed by atoms with Gasteiger partial charge >= 0.3 is 11.9 Å². The molecule has 0 fully saturated rings. The van der Waals surface area contributed by atoms with Crippen LogP contribution in [0, 0.1) is 0 Å². The minimum Gasteiger partial charge on any atom is -0.462 e. The molecule has 1 N–H and O–H groups in total. The van der Waals surface area contributed by atoms with Crippen LogP contribution in [0.4, 0.5) is 0 Å². The number of unbranched alkanes of at least 4 members (excludes halogenated alkanes) is 44. The summed E-state index contributed by atoms with van der Waals surface area (Å²) in [7, 11) is 0. The quantitative estimate of drug-likeness (QED) is 0.0373. The molecular formula is C67H124O5. The summed E-state index contributed by atoms with van der Waals surface area (Å²) in [6, 6.07) is 0. The molecule has 0 aliphatic carbocycles. The highest BCUT2D eigenvalue weighted by Crippen LogP contribution is 2.18. The lowest BCUT2D eigenvalue weighted by atomic mass is 10.0. The van der Waals surface area contributed by atoms with Crippen LogP contribution < -0.4 is 0 Å². The molecule has 72 heavy (non-hydrogen) atoms. The number of hydrogen-bond donors (Lipinski definition) is 1. The van der Waals surface area contributed by atoms with E-state index < -0.39 is 6.10 Å². The lowest BCUT2D eigenvalue weighted by Gasteiger charge is -2.15. The number of rotatable bonds is 60. The molecule has 0 saturated carbocycles. The molecule has 5 nitrogen and oxygen atoms in total. The number of aliphatic hydroxyl groups is 1. The van der Waals surface area contributed by atoms with E-state index in [0.29, 0.717) is 12.8 Å². The SMILES string of the molecule is CC/C=C\C/C=C\C/C=C\C/C=C\CCCCCCCCCCCCCCCCCCCCC(=O)OC(CO)COC(=O)CCCCCCCCCCCCCCCCCCCCCCCCCCCCC. The van der Waals surface area contributed by atoms with Gasteiger partial charge in [-0.25, -0.2) is 0 Å². The largest absolute Gasteiger partial charge is 0.462 e. The summed E-state index contributed by atoms with van der Waals surface area (Å²) in [5, 5.41) is 9.68. The van der Waals surface area contributed by atoms with Crippen molar-refractivity contribution in [2.45, 2.75) is 354 Å². The first-order valence-corrected chi connectivity index (χ1v) is 32.2. The molecule has 0 saturated heterocycles. The van der Waals surface area contributed by atoms with Crippen molar-refractivity contribution in [1.82, 2.24) is 0 Å². The van der Waals surface area contributed by atoms with Crippen molar-refractivity contribution in [3.05, 3.63) is 48.6 Å². The number of allylic oxidation sites excluding steroid dienone is 8. The van der Waals surface area contributed by atoms with Crippen molar-refractivity contribution in [3.8, 4) is 0 Å². The third-order valence-electron chi connectivity index (χ3n) is 14.6. The van der Waals surface area contributed by atoms with E-state index in [1.165, 1.54) is 263 Å². The summed E-state index contributed by atoms with van der Waals surface area (Å²) in [5.74, 6) is -0.569. The van der Waals surface area contributed by atoms with Gasteiger partial charge in [0, 0.05) is 12.8 Å². The summed E-state index contributed by atoms with van der Waals surface area (Å²) in [5.41, 5.74) is 0. The Morgan fingerprint density at radius 3 is 0.903 bits per heavy atom. The fraction of sp³-hybridized carbons (Fsp3) is 0.851. The molecule has 0 aliphatic heterocycles. The summed E-state index contributed by atoms with van der Waals surface area (Å²) in [6.07, 6.45) is 84.1. The molecule has 1 unspecified atom stereocenters. The van der Waals surface area contributed by atoms with E-state index in [-0.39, 0.29) is 25.2 Å². The maximum atomic E-state index is 12.3. The van der Waals surface area contributed by atoms with Crippen molar-refractivity contribution in [3.63, 3.8) is 0 Å². The van der Waals surface area contributed by atoms with Crippen LogP contribution in [0.3, 0.4) is 0 Å². The highest BCUT2D eigenvalue weighted by Gasteiger charge is 2.16. The van der Waals surface area contributed by atoms with Gasteiger partial charge in [0.25, 0.3) is 0 Å². The minimum absolute atomic E-state index is 0.0600. The molecule has 0 aromatic rings. The summed E-state index contributed by atoms with van der Waals surface area (Å²) >= 11 is 0. The topological polar surface area (TPSA) is 72.8 Å². The van der Waals surface area contributed by atoms with Gasteiger partial charge in [0.05, 0.1) is 6.61 Å². The normalized spacial score (nSPS) is 12.4. The van der Waals surface area contributed by atoms with Gasteiger partial charge in [-0.3, -0.25) is 9.59 Å². The first-order valence-electron chi connectivity index (χ1n) is 32.2. The van der Waals surface area contributed by atoms with Crippen LogP contribution in [-0.2, 0) is 19.1 Å². The monoisotopic (exact) mass is 1010 g/mol. The van der Waals surface area contributed by atoms with Crippen LogP contribution in [0.15, 0.2) is 48.6 Å². The first-order chi connectivity index (χ1) is 35.6. The van der Waals surface area contributed by atoms with Crippen LogP contribution in [0.2, 0.25) is 0 Å². The molecule has 0 amide bonds. The molecule has 0 spiro atoms. The molecule has 422 valence electrons. The Labute approximate surface area is 449 Å². The minimum atomic E-state index is -0.770. The summed E-state index contributed by atoms with van der Waals surface area (Å²) in [4.78, 5) is 24.6. The van der Waals surface area contributed by atoms with E-state index >= 15 is 0 Å². The van der Waals surface area contributed by atoms with Crippen molar-refractivity contribution >= 4 is 11.9 Å². The van der Waals surface area contributed by atoms with E-state index in [1.54, 1.807) is 0 Å². The van der Waals surface area contributed by atoms with Crippen LogP contribution in [-0.4, -0.2) is 36.4 Å². The molecule has 0 heterocycles. The molecule has 0 rings (SSSR count). The number of ether oxygens (including phenoxy) is 2. The number of hydrogen-bond acceptors (Lipinski definition) is 5. The van der Waals surface area contributed by atoms with E-state index in [4.69, 9.17) is 9.47 Å². The van der Waals surface area contributed by atoms with Gasteiger partial charge in [-0.05, 0) is 51.4 Å². The Kier molecular flexibility index (Phi) is 61.3. The molecule has 0 bridgehead atoms. The molecular weight excluding hydrogens is 885 g/mol. The molecule has 1 atom stereocenters. The third kappa shape index (κ3) is 60.4. The smallest absolute Gasteiger partial charge is 0.306 e. The van der Waals surface area contributed by atoms with E-state index in [2.05, 4.69) is 62.5 Å². The third-order valence-corrected chi connectivity index (χ3v) is 14.6. The second-order valence-corrected chi connectivity index (χ2v) is 21.8. The fourth-order valence-corrected chi connectivity index (χ4v) is 9.85. The van der Waals surface area contributed by atoms with Gasteiger partial charge in [0.1, 0.15) is 6.61 Å². The van der Waals surface area contributed by atoms with Gasteiger partial charge in [-0.2, -0.15) is 0 Å². The number of carbonyl (C=O) groups excluding carboxylic acids is 2. The van der Waals surface area contributed by atoms with Gasteiger partial charge in [0.15, 0.2) is 6.10 Å². The van der Waals surface area contributed by atoms with Gasteiger partial charge in [0.2, 0.25) is 0 Å². The Morgan fingerprint density at radius 2 is 0.597 bits per heavy atom. The summed E-state index contributed by atoms with van der Waals surface area (Å²) < 4.78 is 10.8. The highest BCUT2D eigenvalue weighted by molar-refractivity contribution is 5.70. The second-order valence-electron chi connectivity index (χ2n) is 21.8. The van der Waals surface area contributed by atoms with Crippen LogP contribution in [0.1, 0.15) is 348 Å². The van der Waals surface area contributed by atoms with Crippen LogP contribution >= 0.6 is 0 Å². The molecule has 0 aliphatic rings. The molecule has 0 aromatic carbocycles. The standard InChI is InChI=1S/C67H124O5/c1-3-5-7-9-11-13-15-17-19-21-23-25-27-29-31-32-33-34-36-38-40-42-44-46-48-50-52-54-56-58-60-62-67(70)72-65(63-68)64-71-66(69)61-59-57-55-53-51-49-47-45-43-41-39-37-35-30-28-26-24-22-20-18-16-14-12-10-8-6-4-2/h5,7,11,13,17,19,23,25,65,68H,3-4,6,8-10,12,14-16,18,20-22,24,26-64H2,1-2H3/b7-5-,13-11-,19-17-,25-23-. The van der Waals surface area contributed by atoms with Crippen molar-refractivity contribution in [2.24, 2.45) is 0 Å². The van der Waals surface area contributed by atoms with E-state index in [9.17, 15) is 14.7 Å². The number of esters is 2. The molecule has 0 aromatic heterocycles. The Morgan fingerprint density at radius 1 is 0.333 bits per heavy atom. The zero-order valence-electron chi connectivity index (χ0n) is 48.5. The molecule has 0 radical (unpaired) electrons. The average molecular weight is 1010 g/mol. The maximum Gasteiger partial charge on any atom is 0.306 e. The van der Waals surface area contributed by atoms with Crippen molar-refractivity contribution < 1.29 is 24.2 Å². The van der Waals surface area contributed by atoms with E-state index in [1.807, 2.05) is 0 Å². The van der Waals surface area contributed by atoms with Crippen molar-refractivity contribution in [2.75, 3.05) is 13.2 Å². The van der Waals surface area contributed by atoms with Gasteiger partial charge in [-0.15, -0.1) is 0 Å². The van der Waals surface area contributed by atoms with E-state index in [0.717, 1.165) is 57.8 Å². The lowest BCUT2D eigenvalue weighted by Crippen LogP contribution is -2.28. The average Bonchev–Trinajstić information content (AvgIpc) is 3.38. The zero-order valence-corrected chi connectivity index (χ0v) is 48.5. The lowest BCUT2D eigenvalue weighted by molar-refractivity contribution is -0.161. The predicted molar refractivity (Wildman–Crippen MR) is 316 cm³/mol. The summed E-state index contributed by atoms with van der Waals surface area (Å²) in [6.45, 7) is 4.09. The number of carbonyl (C=O) groups is 2. The maximum absolute atomic E-state index is 12.3. The molecule has 5 heteroatoms. The predicted octanol–water partition coefficient (Wildman–Crippen LogP) is 22.0. The first kappa shape index (κ1) is 69.9. The highest BCUT2D eigenvalue weighted by atomic mass is 16.6. The van der Waals surface area contributed by atoms with Crippen LogP contribution in [0.25, 0.3) is 0 Å². The number of aliphatic hydroxyl groups excluding tert-OH is 1. The van der Waals surface area contributed by atoms with Crippen LogP contribution in [0.5, 0.6) is 0 Å².